The molecule has 0 heterocycles. The topological polar surface area (TPSA) is 0 Å². The molecule has 1 rings (SSSR count). The Morgan fingerprint density at radius 1 is 0.708 bits per heavy atom. The lowest BCUT2D eigenvalue weighted by atomic mass is 9.71. The second-order valence-electron chi connectivity index (χ2n) is 9.61. The zero-order valence-corrected chi connectivity index (χ0v) is 18.1. The Morgan fingerprint density at radius 2 is 1.25 bits per heavy atom. The van der Waals surface area contributed by atoms with Gasteiger partial charge in [-0.25, -0.2) is 0 Å². The molecule has 6 unspecified atom stereocenters. The first kappa shape index (κ1) is 22.0. The minimum absolute atomic E-state index is 0.854. The Morgan fingerprint density at radius 3 is 1.75 bits per heavy atom. The van der Waals surface area contributed by atoms with Crippen LogP contribution in [-0.4, -0.2) is 0 Å². The van der Waals surface area contributed by atoms with Crippen molar-refractivity contribution in [2.75, 3.05) is 0 Å². The minimum Gasteiger partial charge on any atom is -0.0651 e. The number of rotatable bonds is 8. The summed E-state index contributed by atoms with van der Waals surface area (Å²) in [6, 6.07) is 0. The van der Waals surface area contributed by atoms with Crippen LogP contribution in [0, 0.1) is 41.4 Å². The number of hydrogen-bond donors (Lipinski definition) is 0. The van der Waals surface area contributed by atoms with Crippen LogP contribution >= 0.6 is 0 Å². The molecule has 144 valence electrons. The normalized spacial score (nSPS) is 30.2. The Hall–Kier alpha value is 0. The minimum atomic E-state index is 0.854. The summed E-state index contributed by atoms with van der Waals surface area (Å²) in [5.41, 5.74) is 0. The van der Waals surface area contributed by atoms with Gasteiger partial charge in [-0.1, -0.05) is 80.6 Å². The summed E-state index contributed by atoms with van der Waals surface area (Å²) < 4.78 is 0. The predicted molar refractivity (Wildman–Crippen MR) is 110 cm³/mol. The largest absolute Gasteiger partial charge is 0.0651 e. The van der Waals surface area contributed by atoms with E-state index >= 15 is 0 Å². The summed E-state index contributed by atoms with van der Waals surface area (Å²) in [5, 5.41) is 0. The molecule has 0 radical (unpaired) electrons. The molecule has 0 saturated heterocycles. The van der Waals surface area contributed by atoms with Crippen molar-refractivity contribution in [1.82, 2.24) is 0 Å². The SMILES string of the molecule is CCC(C)C1CCC(C)CCC(C(CC)C(CC)CC(C)C)CC1. The Bertz CT molecular complexity index is 305. The standard InChI is InChI=1S/C24H48/c1-8-20(7)22-13-11-19(6)12-14-23(16-15-22)24(10-3)21(9-2)17-18(4)5/h18-24H,8-17H2,1-7H3. The summed E-state index contributed by atoms with van der Waals surface area (Å²) in [6.45, 7) is 17.2. The molecule has 0 spiro atoms. The molecular weight excluding hydrogens is 288 g/mol. The molecule has 0 nitrogen and oxygen atoms in total. The van der Waals surface area contributed by atoms with Crippen LogP contribution < -0.4 is 0 Å². The van der Waals surface area contributed by atoms with E-state index in [0.717, 1.165) is 41.4 Å². The molecule has 1 aliphatic rings. The van der Waals surface area contributed by atoms with E-state index in [1.807, 2.05) is 0 Å². The van der Waals surface area contributed by atoms with E-state index < -0.39 is 0 Å². The fourth-order valence-corrected chi connectivity index (χ4v) is 5.49. The van der Waals surface area contributed by atoms with Gasteiger partial charge < -0.3 is 0 Å². The fourth-order valence-electron chi connectivity index (χ4n) is 5.49. The van der Waals surface area contributed by atoms with Gasteiger partial charge in [-0.2, -0.15) is 0 Å². The second kappa shape index (κ2) is 11.6. The van der Waals surface area contributed by atoms with Crippen LogP contribution in [0.15, 0.2) is 0 Å². The van der Waals surface area contributed by atoms with Crippen molar-refractivity contribution in [2.45, 2.75) is 113 Å². The highest BCUT2D eigenvalue weighted by atomic mass is 14.4. The van der Waals surface area contributed by atoms with Crippen molar-refractivity contribution in [1.29, 1.82) is 0 Å². The van der Waals surface area contributed by atoms with Gasteiger partial charge in [0.25, 0.3) is 0 Å². The van der Waals surface area contributed by atoms with E-state index in [-0.39, 0.29) is 0 Å². The van der Waals surface area contributed by atoms with Gasteiger partial charge in [-0.05, 0) is 73.5 Å². The average Bonchev–Trinajstić information content (AvgIpc) is 2.65. The highest BCUT2D eigenvalue weighted by Crippen LogP contribution is 2.41. The molecule has 0 N–H and O–H groups in total. The van der Waals surface area contributed by atoms with Gasteiger partial charge >= 0.3 is 0 Å². The summed E-state index contributed by atoms with van der Waals surface area (Å²) in [5.74, 6) is 6.63. The van der Waals surface area contributed by atoms with Crippen LogP contribution in [0.3, 0.4) is 0 Å². The Kier molecular flexibility index (Phi) is 10.6. The first-order chi connectivity index (χ1) is 11.4. The van der Waals surface area contributed by atoms with Crippen molar-refractivity contribution < 1.29 is 0 Å². The molecule has 0 aliphatic heterocycles. The number of hydrogen-bond acceptors (Lipinski definition) is 0. The van der Waals surface area contributed by atoms with E-state index in [1.165, 1.54) is 64.2 Å². The van der Waals surface area contributed by atoms with Crippen LogP contribution in [0.5, 0.6) is 0 Å². The Labute approximate surface area is 154 Å². The predicted octanol–water partition coefficient (Wildman–Crippen LogP) is 8.35. The fraction of sp³-hybridized carbons (Fsp3) is 1.00. The van der Waals surface area contributed by atoms with Crippen LogP contribution in [0.2, 0.25) is 0 Å². The van der Waals surface area contributed by atoms with Gasteiger partial charge in [0.15, 0.2) is 0 Å². The smallest absolute Gasteiger partial charge is 0.0360 e. The van der Waals surface area contributed by atoms with Crippen molar-refractivity contribution in [3.8, 4) is 0 Å². The van der Waals surface area contributed by atoms with Gasteiger partial charge in [-0.3, -0.25) is 0 Å². The van der Waals surface area contributed by atoms with Gasteiger partial charge in [0.1, 0.15) is 0 Å². The van der Waals surface area contributed by atoms with Gasteiger partial charge in [0.05, 0.1) is 0 Å². The first-order valence-electron chi connectivity index (χ1n) is 11.4. The molecule has 6 atom stereocenters. The molecular formula is C24H48. The van der Waals surface area contributed by atoms with Crippen LogP contribution in [-0.2, 0) is 0 Å². The molecule has 24 heavy (non-hydrogen) atoms. The van der Waals surface area contributed by atoms with Gasteiger partial charge in [-0.15, -0.1) is 0 Å². The zero-order valence-electron chi connectivity index (χ0n) is 18.1. The monoisotopic (exact) mass is 336 g/mol. The summed E-state index contributed by atoms with van der Waals surface area (Å²) >= 11 is 0. The van der Waals surface area contributed by atoms with Crippen molar-refractivity contribution in [3.05, 3.63) is 0 Å². The third kappa shape index (κ3) is 7.09. The molecule has 0 bridgehead atoms. The maximum Gasteiger partial charge on any atom is -0.0360 e. The molecule has 0 aromatic rings. The highest BCUT2D eigenvalue weighted by molar-refractivity contribution is 4.81. The summed E-state index contributed by atoms with van der Waals surface area (Å²) in [4.78, 5) is 0. The average molecular weight is 337 g/mol. The zero-order chi connectivity index (χ0) is 18.1. The van der Waals surface area contributed by atoms with Crippen LogP contribution in [0.25, 0.3) is 0 Å². The maximum absolute atomic E-state index is 2.52. The van der Waals surface area contributed by atoms with Crippen LogP contribution in [0.4, 0.5) is 0 Å². The van der Waals surface area contributed by atoms with E-state index in [9.17, 15) is 0 Å². The molecule has 1 aliphatic carbocycles. The van der Waals surface area contributed by atoms with Gasteiger partial charge in [0.2, 0.25) is 0 Å². The van der Waals surface area contributed by atoms with Crippen molar-refractivity contribution >= 4 is 0 Å². The van der Waals surface area contributed by atoms with Gasteiger partial charge in [0, 0.05) is 0 Å². The van der Waals surface area contributed by atoms with Crippen molar-refractivity contribution in [2.24, 2.45) is 41.4 Å². The van der Waals surface area contributed by atoms with E-state index in [0.29, 0.717) is 0 Å². The first-order valence-corrected chi connectivity index (χ1v) is 11.4. The maximum atomic E-state index is 2.52. The van der Waals surface area contributed by atoms with E-state index in [1.54, 1.807) is 0 Å². The Balaban J connectivity index is 2.83. The van der Waals surface area contributed by atoms with E-state index in [4.69, 9.17) is 0 Å². The summed E-state index contributed by atoms with van der Waals surface area (Å²) in [7, 11) is 0. The van der Waals surface area contributed by atoms with E-state index in [2.05, 4.69) is 48.5 Å². The summed E-state index contributed by atoms with van der Waals surface area (Å²) in [6.07, 6.45) is 14.5. The molecule has 1 saturated carbocycles. The lowest BCUT2D eigenvalue weighted by Gasteiger charge is -2.35. The quantitative estimate of drug-likeness (QED) is 0.417. The van der Waals surface area contributed by atoms with Crippen molar-refractivity contribution in [3.63, 3.8) is 0 Å². The molecule has 1 fully saturated rings. The molecule has 0 amide bonds. The molecule has 0 aromatic carbocycles. The third-order valence-electron chi connectivity index (χ3n) is 7.40. The van der Waals surface area contributed by atoms with Crippen LogP contribution in [0.1, 0.15) is 113 Å². The third-order valence-corrected chi connectivity index (χ3v) is 7.40. The highest BCUT2D eigenvalue weighted by Gasteiger charge is 2.30. The lowest BCUT2D eigenvalue weighted by molar-refractivity contribution is 0.155. The second-order valence-corrected chi connectivity index (χ2v) is 9.61. The molecule has 0 heteroatoms. The molecule has 0 aromatic heterocycles. The lowest BCUT2D eigenvalue weighted by Crippen LogP contribution is -2.25.